The summed E-state index contributed by atoms with van der Waals surface area (Å²) in [6, 6.07) is 10.5. The second kappa shape index (κ2) is 12.6. The molecule has 2 heterocycles. The fourth-order valence-corrected chi connectivity index (χ4v) is 6.63. The number of aliphatic hydroxyl groups is 1. The van der Waals surface area contributed by atoms with E-state index in [4.69, 9.17) is 0 Å². The zero-order valence-corrected chi connectivity index (χ0v) is 24.9. The molecule has 2 aliphatic rings. The summed E-state index contributed by atoms with van der Waals surface area (Å²) in [4.78, 5) is 32.3. The van der Waals surface area contributed by atoms with Crippen LogP contribution in [0.5, 0.6) is 0 Å². The summed E-state index contributed by atoms with van der Waals surface area (Å²) in [6.45, 7) is 2.21. The number of nitrogens with one attached hydrogen (secondary N) is 2. The molecule has 1 aliphatic carbocycles. The highest BCUT2D eigenvalue weighted by molar-refractivity contribution is 7.38. The van der Waals surface area contributed by atoms with Crippen LogP contribution in [0, 0.1) is 0 Å². The molecule has 0 spiro atoms. The Bertz CT molecular complexity index is 1510. The number of hydrogen-bond donors (Lipinski definition) is 4. The van der Waals surface area contributed by atoms with E-state index in [0.717, 1.165) is 29.5 Å². The zero-order valence-electron chi connectivity index (χ0n) is 23.9. The van der Waals surface area contributed by atoms with Crippen molar-refractivity contribution in [2.75, 3.05) is 17.7 Å². The van der Waals surface area contributed by atoms with Gasteiger partial charge in [0.25, 0.3) is 5.91 Å². The lowest BCUT2D eigenvalue weighted by Gasteiger charge is -2.27. The van der Waals surface area contributed by atoms with Gasteiger partial charge in [0, 0.05) is 31.1 Å². The molecule has 1 aromatic heterocycles. The SMILES string of the molecule is CCC(Cc1ccc(Nc2ncc(C(F)(F)F)c(Nc3ccc(C4CCC(O)CC4)c4c3C(=O)N(C)C4)n2)cc1)[PH](=O)O. The predicted octanol–water partition coefficient (Wildman–Crippen LogP) is 6.37. The molecule has 0 bridgehead atoms. The summed E-state index contributed by atoms with van der Waals surface area (Å²) in [5, 5.41) is 15.7. The monoisotopic (exact) mass is 617 g/mol. The number of carbonyl (C=O) groups is 1. The second-order valence-corrected chi connectivity index (χ2v) is 12.8. The van der Waals surface area contributed by atoms with E-state index in [2.05, 4.69) is 20.6 Å². The highest BCUT2D eigenvalue weighted by Gasteiger charge is 2.37. The minimum atomic E-state index is -4.75. The minimum absolute atomic E-state index is 0.0763. The summed E-state index contributed by atoms with van der Waals surface area (Å²) in [7, 11) is -1.00. The highest BCUT2D eigenvalue weighted by atomic mass is 31.1. The number of benzene rings is 2. The Labute approximate surface area is 248 Å². The number of carbonyl (C=O) groups excluding carboxylic acids is 1. The number of aliphatic hydroxyl groups excluding tert-OH is 1. The third kappa shape index (κ3) is 6.87. The van der Waals surface area contributed by atoms with Crippen molar-refractivity contribution in [2.24, 2.45) is 0 Å². The number of hydrogen-bond acceptors (Lipinski definition) is 7. The summed E-state index contributed by atoms with van der Waals surface area (Å²) in [6.07, 6.45) is -0.479. The van der Waals surface area contributed by atoms with E-state index in [1.54, 1.807) is 42.3 Å². The molecule has 2 aromatic carbocycles. The van der Waals surface area contributed by atoms with Gasteiger partial charge in [-0.1, -0.05) is 25.1 Å². The number of anilines is 4. The third-order valence-corrected chi connectivity index (χ3v) is 9.63. The van der Waals surface area contributed by atoms with Crippen molar-refractivity contribution < 1.29 is 32.5 Å². The maximum atomic E-state index is 14.0. The molecular weight excluding hydrogens is 582 g/mol. The van der Waals surface area contributed by atoms with Crippen LogP contribution in [0.4, 0.5) is 36.3 Å². The van der Waals surface area contributed by atoms with Gasteiger partial charge in [0.1, 0.15) is 11.4 Å². The van der Waals surface area contributed by atoms with Crippen molar-refractivity contribution in [1.29, 1.82) is 0 Å². The van der Waals surface area contributed by atoms with Crippen LogP contribution >= 0.6 is 8.03 Å². The molecule has 9 nitrogen and oxygen atoms in total. The fourth-order valence-electron chi connectivity index (χ4n) is 5.87. The smallest absolute Gasteiger partial charge is 0.393 e. The molecule has 5 rings (SSSR count). The lowest BCUT2D eigenvalue weighted by Crippen LogP contribution is -2.18. The first-order valence-electron chi connectivity index (χ1n) is 14.3. The van der Waals surface area contributed by atoms with E-state index < -0.39 is 25.6 Å². The Balaban J connectivity index is 1.43. The van der Waals surface area contributed by atoms with Crippen molar-refractivity contribution in [1.82, 2.24) is 14.9 Å². The van der Waals surface area contributed by atoms with Gasteiger partial charge in [-0.05, 0) is 79.3 Å². The van der Waals surface area contributed by atoms with Gasteiger partial charge in [0.15, 0.2) is 8.03 Å². The molecule has 43 heavy (non-hydrogen) atoms. The molecule has 1 saturated carbocycles. The predicted molar refractivity (Wildman–Crippen MR) is 158 cm³/mol. The number of alkyl halides is 3. The summed E-state index contributed by atoms with van der Waals surface area (Å²) >= 11 is 0. The normalized spacial score (nSPS) is 20.1. The molecular formula is C30H35F3N5O4P. The first-order valence-corrected chi connectivity index (χ1v) is 15.8. The van der Waals surface area contributed by atoms with Crippen molar-refractivity contribution in [3.8, 4) is 0 Å². The molecule has 2 atom stereocenters. The maximum Gasteiger partial charge on any atom is 0.421 e. The fraction of sp³-hybridized carbons (Fsp3) is 0.433. The van der Waals surface area contributed by atoms with E-state index in [-0.39, 0.29) is 35.2 Å². The van der Waals surface area contributed by atoms with Crippen molar-refractivity contribution in [2.45, 2.75) is 75.9 Å². The van der Waals surface area contributed by atoms with Crippen LogP contribution in [-0.2, 0) is 23.7 Å². The molecule has 13 heteroatoms. The van der Waals surface area contributed by atoms with Crippen LogP contribution < -0.4 is 10.6 Å². The number of amides is 1. The highest BCUT2D eigenvalue weighted by Crippen LogP contribution is 2.42. The van der Waals surface area contributed by atoms with E-state index in [1.165, 1.54) is 0 Å². The van der Waals surface area contributed by atoms with Gasteiger partial charge in [-0.25, -0.2) is 4.98 Å². The number of aromatic nitrogens is 2. The van der Waals surface area contributed by atoms with E-state index >= 15 is 0 Å². The average molecular weight is 618 g/mol. The van der Waals surface area contributed by atoms with Crippen LogP contribution in [0.25, 0.3) is 0 Å². The molecule has 2 unspecified atom stereocenters. The van der Waals surface area contributed by atoms with Crippen molar-refractivity contribution in [3.05, 3.63) is 70.4 Å². The van der Waals surface area contributed by atoms with Gasteiger partial charge < -0.3 is 25.5 Å². The topological polar surface area (TPSA) is 128 Å². The Kier molecular flexibility index (Phi) is 9.10. The number of rotatable bonds is 9. The van der Waals surface area contributed by atoms with E-state index in [1.807, 2.05) is 13.0 Å². The Morgan fingerprint density at radius 1 is 1.09 bits per heavy atom. The van der Waals surface area contributed by atoms with Crippen LogP contribution in [0.3, 0.4) is 0 Å². The summed E-state index contributed by atoms with van der Waals surface area (Å²) in [5.41, 5.74) is 2.33. The maximum absolute atomic E-state index is 14.0. The molecule has 0 saturated heterocycles. The quantitative estimate of drug-likeness (QED) is 0.204. The first kappa shape index (κ1) is 31.0. The van der Waals surface area contributed by atoms with Crippen LogP contribution in [0.15, 0.2) is 42.6 Å². The lowest BCUT2D eigenvalue weighted by atomic mass is 9.80. The summed E-state index contributed by atoms with van der Waals surface area (Å²) in [5.74, 6) is -0.684. The molecule has 3 aromatic rings. The molecule has 1 fully saturated rings. The van der Waals surface area contributed by atoms with E-state index in [0.29, 0.717) is 49.7 Å². The zero-order chi connectivity index (χ0) is 30.9. The molecule has 0 radical (unpaired) electrons. The number of fused-ring (bicyclic) bond motifs is 1. The Hall–Kier alpha value is -3.47. The van der Waals surface area contributed by atoms with Crippen molar-refractivity contribution >= 4 is 37.1 Å². The van der Waals surface area contributed by atoms with Gasteiger partial charge in [-0.15, -0.1) is 0 Å². The van der Waals surface area contributed by atoms with Gasteiger partial charge in [-0.3, -0.25) is 9.36 Å². The third-order valence-electron chi connectivity index (χ3n) is 8.32. The Morgan fingerprint density at radius 2 is 1.79 bits per heavy atom. The van der Waals surface area contributed by atoms with Crippen LogP contribution in [-0.4, -0.2) is 49.6 Å². The molecule has 1 aliphatic heterocycles. The minimum Gasteiger partial charge on any atom is -0.393 e. The van der Waals surface area contributed by atoms with Gasteiger partial charge >= 0.3 is 6.18 Å². The summed E-state index contributed by atoms with van der Waals surface area (Å²) < 4.78 is 53.6. The largest absolute Gasteiger partial charge is 0.421 e. The number of halogens is 3. The van der Waals surface area contributed by atoms with Gasteiger partial charge in [-0.2, -0.15) is 18.2 Å². The standard InChI is InChI=1S/C30H35F3N5O4P/c1-3-21(43(41)42)14-17-4-8-19(9-5-17)35-29-34-15-24(30(31,32)33)27(37-29)36-25-13-12-22(18-6-10-20(39)11-7-18)23-16-38(2)28(40)26(23)25/h4-5,8-9,12-13,15,18,20-21,39,43H,3,6-7,10-11,14,16H2,1-2H3,(H,41,42)(H2,34,35,36,37). The molecule has 230 valence electrons. The van der Waals surface area contributed by atoms with Crippen molar-refractivity contribution in [3.63, 3.8) is 0 Å². The second-order valence-electron chi connectivity index (χ2n) is 11.3. The Morgan fingerprint density at radius 3 is 2.42 bits per heavy atom. The lowest BCUT2D eigenvalue weighted by molar-refractivity contribution is -0.137. The molecule has 4 N–H and O–H groups in total. The van der Waals surface area contributed by atoms with E-state index in [9.17, 15) is 32.5 Å². The number of nitrogens with zero attached hydrogens (tertiary/aromatic N) is 3. The first-order chi connectivity index (χ1) is 20.4. The molecule has 1 amide bonds. The van der Waals surface area contributed by atoms with Gasteiger partial charge in [0.05, 0.1) is 17.4 Å². The van der Waals surface area contributed by atoms with Crippen LogP contribution in [0.1, 0.15) is 77.6 Å². The van der Waals surface area contributed by atoms with Crippen LogP contribution in [0.2, 0.25) is 0 Å². The average Bonchev–Trinajstić information content (AvgIpc) is 3.26. The van der Waals surface area contributed by atoms with Gasteiger partial charge in [0.2, 0.25) is 5.95 Å².